The lowest BCUT2D eigenvalue weighted by molar-refractivity contribution is -0.394. The van der Waals surface area contributed by atoms with Crippen LogP contribution in [0.4, 0.5) is 11.4 Å². The smallest absolute Gasteiger partial charge is 0.317 e. The maximum atomic E-state index is 10.7. The molecule has 1 aromatic rings. The second-order valence-corrected chi connectivity index (χ2v) is 3.01. The lowest BCUT2D eigenvalue weighted by atomic mass is 10.2. The van der Waals surface area contributed by atoms with E-state index in [1.165, 1.54) is 12.1 Å². The SMILES string of the molecule is CC.CCCOc1ccc([N+](=O)[O-])cc1[N+](=O)[O-]. The summed E-state index contributed by atoms with van der Waals surface area (Å²) in [6.45, 7) is 6.19. The Hall–Kier alpha value is -2.18. The fourth-order valence-electron chi connectivity index (χ4n) is 1.10. The van der Waals surface area contributed by atoms with Crippen LogP contribution in [0, 0.1) is 20.2 Å². The van der Waals surface area contributed by atoms with Crippen molar-refractivity contribution in [3.05, 3.63) is 38.4 Å². The Balaban J connectivity index is 0.00000137. The van der Waals surface area contributed by atoms with Gasteiger partial charge in [-0.2, -0.15) is 0 Å². The summed E-state index contributed by atoms with van der Waals surface area (Å²) < 4.78 is 5.12. The molecule has 0 amide bonds. The first-order chi connectivity index (χ1) is 8.56. The van der Waals surface area contributed by atoms with E-state index < -0.39 is 9.85 Å². The highest BCUT2D eigenvalue weighted by Gasteiger charge is 2.20. The highest BCUT2D eigenvalue weighted by Crippen LogP contribution is 2.30. The molecule has 7 heteroatoms. The molecule has 0 saturated heterocycles. The summed E-state index contributed by atoms with van der Waals surface area (Å²) >= 11 is 0. The van der Waals surface area contributed by atoms with Gasteiger partial charge in [0.2, 0.25) is 0 Å². The van der Waals surface area contributed by atoms with Crippen molar-refractivity contribution >= 4 is 11.4 Å². The van der Waals surface area contributed by atoms with Gasteiger partial charge in [0, 0.05) is 6.07 Å². The molecule has 0 fully saturated rings. The number of rotatable bonds is 5. The highest BCUT2D eigenvalue weighted by molar-refractivity contribution is 5.53. The Morgan fingerprint density at radius 2 is 1.78 bits per heavy atom. The van der Waals surface area contributed by atoms with Crippen molar-refractivity contribution in [1.29, 1.82) is 0 Å². The molecule has 0 saturated carbocycles. The minimum Gasteiger partial charge on any atom is -0.487 e. The largest absolute Gasteiger partial charge is 0.487 e. The molecular weight excluding hydrogens is 240 g/mol. The van der Waals surface area contributed by atoms with Gasteiger partial charge in [-0.05, 0) is 12.5 Å². The van der Waals surface area contributed by atoms with Gasteiger partial charge in [-0.15, -0.1) is 0 Å². The summed E-state index contributed by atoms with van der Waals surface area (Å²) in [5, 5.41) is 21.1. The number of nitro groups is 2. The van der Waals surface area contributed by atoms with Crippen molar-refractivity contribution in [3.63, 3.8) is 0 Å². The first kappa shape index (κ1) is 15.8. The van der Waals surface area contributed by atoms with E-state index in [0.717, 1.165) is 6.07 Å². The van der Waals surface area contributed by atoms with E-state index >= 15 is 0 Å². The molecule has 0 spiro atoms. The molecule has 0 atom stereocenters. The van der Waals surface area contributed by atoms with Crippen molar-refractivity contribution in [1.82, 2.24) is 0 Å². The van der Waals surface area contributed by atoms with E-state index in [-0.39, 0.29) is 17.1 Å². The zero-order valence-corrected chi connectivity index (χ0v) is 10.6. The molecule has 0 heterocycles. The predicted octanol–water partition coefficient (Wildman–Crippen LogP) is 3.32. The van der Waals surface area contributed by atoms with Crippen LogP contribution in [0.2, 0.25) is 0 Å². The lowest BCUT2D eigenvalue weighted by Gasteiger charge is -2.04. The first-order valence-corrected chi connectivity index (χ1v) is 5.62. The minimum absolute atomic E-state index is 0.0532. The van der Waals surface area contributed by atoms with Gasteiger partial charge in [-0.25, -0.2) is 0 Å². The van der Waals surface area contributed by atoms with E-state index in [4.69, 9.17) is 4.74 Å². The number of ether oxygens (including phenoxy) is 1. The molecule has 0 aliphatic rings. The van der Waals surface area contributed by atoms with Crippen molar-refractivity contribution in [2.24, 2.45) is 0 Å². The molecule has 0 bridgehead atoms. The molecular formula is C11H16N2O5. The summed E-state index contributed by atoms with van der Waals surface area (Å²) in [4.78, 5) is 19.7. The van der Waals surface area contributed by atoms with Crippen LogP contribution < -0.4 is 4.74 Å². The van der Waals surface area contributed by atoms with Gasteiger partial charge in [-0.3, -0.25) is 20.2 Å². The molecule has 0 radical (unpaired) electrons. The van der Waals surface area contributed by atoms with Crippen molar-refractivity contribution in [3.8, 4) is 5.75 Å². The molecule has 7 nitrogen and oxygen atoms in total. The first-order valence-electron chi connectivity index (χ1n) is 5.62. The summed E-state index contributed by atoms with van der Waals surface area (Å²) in [6, 6.07) is 3.31. The van der Waals surface area contributed by atoms with E-state index in [1.54, 1.807) is 0 Å². The monoisotopic (exact) mass is 256 g/mol. The van der Waals surface area contributed by atoms with Crippen LogP contribution in [-0.2, 0) is 0 Å². The predicted molar refractivity (Wildman–Crippen MR) is 66.9 cm³/mol. The Labute approximate surface area is 105 Å². The van der Waals surface area contributed by atoms with Crippen LogP contribution in [-0.4, -0.2) is 16.5 Å². The van der Waals surface area contributed by atoms with E-state index in [2.05, 4.69) is 0 Å². The summed E-state index contributed by atoms with van der Waals surface area (Å²) in [5.74, 6) is 0.0532. The molecule has 18 heavy (non-hydrogen) atoms. The quantitative estimate of drug-likeness (QED) is 0.594. The van der Waals surface area contributed by atoms with Gasteiger partial charge in [-0.1, -0.05) is 20.8 Å². The number of nitro benzene ring substituents is 2. The minimum atomic E-state index is -0.696. The van der Waals surface area contributed by atoms with Crippen molar-refractivity contribution < 1.29 is 14.6 Å². The van der Waals surface area contributed by atoms with Crippen LogP contribution in [0.3, 0.4) is 0 Å². The van der Waals surface area contributed by atoms with Crippen LogP contribution >= 0.6 is 0 Å². The zero-order valence-electron chi connectivity index (χ0n) is 10.6. The third-order valence-electron chi connectivity index (χ3n) is 1.81. The van der Waals surface area contributed by atoms with Gasteiger partial charge in [0.05, 0.1) is 22.5 Å². The Bertz CT molecular complexity index is 420. The molecule has 1 rings (SSSR count). The van der Waals surface area contributed by atoms with Crippen LogP contribution in [0.1, 0.15) is 27.2 Å². The Morgan fingerprint density at radius 3 is 2.22 bits per heavy atom. The number of hydrogen-bond donors (Lipinski definition) is 0. The standard InChI is InChI=1S/C9H10N2O5.C2H6/c1-2-5-16-9-4-3-7(10(12)13)6-8(9)11(14)15;1-2/h3-4,6H,2,5H2,1H3;1-2H3. The second-order valence-electron chi connectivity index (χ2n) is 3.01. The van der Waals surface area contributed by atoms with E-state index in [0.29, 0.717) is 13.0 Å². The molecule has 0 N–H and O–H groups in total. The number of hydrogen-bond acceptors (Lipinski definition) is 5. The average Bonchev–Trinajstić information content (AvgIpc) is 2.38. The number of nitrogens with zero attached hydrogens (tertiary/aromatic N) is 2. The third kappa shape index (κ3) is 4.36. The number of non-ortho nitro benzene ring substituents is 1. The molecule has 100 valence electrons. The van der Waals surface area contributed by atoms with Gasteiger partial charge in [0.15, 0.2) is 5.75 Å². The summed E-state index contributed by atoms with van der Waals surface area (Å²) in [5.41, 5.74) is -0.710. The lowest BCUT2D eigenvalue weighted by Crippen LogP contribution is -2.00. The zero-order chi connectivity index (χ0) is 14.1. The van der Waals surface area contributed by atoms with Gasteiger partial charge in [0.25, 0.3) is 5.69 Å². The normalized spacial score (nSPS) is 9.06. The Morgan fingerprint density at radius 1 is 1.17 bits per heavy atom. The van der Waals surface area contributed by atoms with Crippen LogP contribution in [0.25, 0.3) is 0 Å². The molecule has 0 aliphatic heterocycles. The van der Waals surface area contributed by atoms with Gasteiger partial charge in [0.1, 0.15) is 0 Å². The average molecular weight is 256 g/mol. The molecule has 0 aliphatic carbocycles. The third-order valence-corrected chi connectivity index (χ3v) is 1.81. The Kier molecular flexibility index (Phi) is 7.02. The van der Waals surface area contributed by atoms with Crippen molar-refractivity contribution in [2.75, 3.05) is 6.61 Å². The van der Waals surface area contributed by atoms with Crippen molar-refractivity contribution in [2.45, 2.75) is 27.2 Å². The number of benzene rings is 1. The van der Waals surface area contributed by atoms with Gasteiger partial charge < -0.3 is 4.74 Å². The molecule has 1 aromatic carbocycles. The topological polar surface area (TPSA) is 95.5 Å². The summed E-state index contributed by atoms with van der Waals surface area (Å²) in [6.07, 6.45) is 0.703. The molecule has 0 aromatic heterocycles. The van der Waals surface area contributed by atoms with Crippen LogP contribution in [0.5, 0.6) is 5.75 Å². The fourth-order valence-corrected chi connectivity index (χ4v) is 1.10. The van der Waals surface area contributed by atoms with Gasteiger partial charge >= 0.3 is 5.69 Å². The van der Waals surface area contributed by atoms with Crippen LogP contribution in [0.15, 0.2) is 18.2 Å². The fraction of sp³-hybridized carbons (Fsp3) is 0.455. The maximum Gasteiger partial charge on any atom is 0.317 e. The summed E-state index contributed by atoms with van der Waals surface area (Å²) in [7, 11) is 0. The maximum absolute atomic E-state index is 10.7. The second kappa shape index (κ2) is 7.99. The highest BCUT2D eigenvalue weighted by atomic mass is 16.6. The van der Waals surface area contributed by atoms with E-state index in [1.807, 2.05) is 20.8 Å². The van der Waals surface area contributed by atoms with E-state index in [9.17, 15) is 20.2 Å². The molecule has 0 unspecified atom stereocenters.